The minimum Gasteiger partial charge on any atom is -0.119 e. The van der Waals surface area contributed by atoms with Crippen molar-refractivity contribution in [3.8, 4) is 12.3 Å². The molecule has 0 heteroatoms. The highest BCUT2D eigenvalue weighted by Crippen LogP contribution is 2.42. The lowest BCUT2D eigenvalue weighted by atomic mass is 9.89. The van der Waals surface area contributed by atoms with Gasteiger partial charge in [-0.05, 0) is 85.8 Å². The molecule has 156 valence electrons. The van der Waals surface area contributed by atoms with Crippen molar-refractivity contribution in [1.82, 2.24) is 0 Å². The first-order chi connectivity index (χ1) is 13.9. The van der Waals surface area contributed by atoms with Crippen LogP contribution in [0.3, 0.4) is 0 Å². The van der Waals surface area contributed by atoms with Gasteiger partial charge in [-0.25, -0.2) is 0 Å². The van der Waals surface area contributed by atoms with Crippen LogP contribution in [0.2, 0.25) is 0 Å². The molecule has 0 amide bonds. The van der Waals surface area contributed by atoms with Crippen molar-refractivity contribution in [2.45, 2.75) is 86.0 Å². The van der Waals surface area contributed by atoms with Gasteiger partial charge >= 0.3 is 0 Å². The van der Waals surface area contributed by atoms with E-state index in [0.29, 0.717) is 5.92 Å². The summed E-state index contributed by atoms with van der Waals surface area (Å²) in [4.78, 5) is 0. The second-order valence-electron chi connectivity index (χ2n) is 8.01. The molecule has 2 aromatic rings. The zero-order valence-electron chi connectivity index (χ0n) is 19.8. The molecule has 2 aromatic carbocycles. The van der Waals surface area contributed by atoms with Gasteiger partial charge < -0.3 is 0 Å². The van der Waals surface area contributed by atoms with Crippen LogP contribution in [0.4, 0.5) is 0 Å². The predicted octanol–water partition coefficient (Wildman–Crippen LogP) is 8.79. The Morgan fingerprint density at radius 3 is 2.10 bits per heavy atom. The maximum absolute atomic E-state index is 5.32. The van der Waals surface area contributed by atoms with E-state index in [0.717, 1.165) is 5.92 Å². The van der Waals surface area contributed by atoms with E-state index >= 15 is 0 Å². The van der Waals surface area contributed by atoms with Crippen LogP contribution in [0.25, 0.3) is 6.08 Å². The average molecular weight is 389 g/mol. The van der Waals surface area contributed by atoms with Gasteiger partial charge in [0.15, 0.2) is 0 Å². The fraction of sp³-hybridized carbons (Fsp3) is 0.448. The molecule has 1 aliphatic rings. The maximum Gasteiger partial charge on any atom is 0.0424 e. The average Bonchev–Trinajstić information content (AvgIpc) is 3.55. The smallest absolute Gasteiger partial charge is 0.0424 e. The molecule has 1 aliphatic carbocycles. The number of hydrogen-bond donors (Lipinski definition) is 0. The topological polar surface area (TPSA) is 0 Å². The molecular formula is C29H40. The summed E-state index contributed by atoms with van der Waals surface area (Å²) in [6, 6.07) is 13.0. The van der Waals surface area contributed by atoms with Crippen LogP contribution >= 0.6 is 0 Å². The third kappa shape index (κ3) is 7.25. The Morgan fingerprint density at radius 2 is 1.62 bits per heavy atom. The lowest BCUT2D eigenvalue weighted by molar-refractivity contribution is 0.851. The van der Waals surface area contributed by atoms with E-state index in [4.69, 9.17) is 6.42 Å². The van der Waals surface area contributed by atoms with E-state index in [1.165, 1.54) is 40.7 Å². The lowest BCUT2D eigenvalue weighted by Crippen LogP contribution is -1.98. The molecule has 1 atom stereocenters. The van der Waals surface area contributed by atoms with Gasteiger partial charge in [-0.1, -0.05) is 82.2 Å². The number of allylic oxidation sites excluding steroid dienone is 1. The van der Waals surface area contributed by atoms with E-state index in [2.05, 4.69) is 77.0 Å². The zero-order valence-corrected chi connectivity index (χ0v) is 19.8. The van der Waals surface area contributed by atoms with Crippen LogP contribution in [0.15, 0.2) is 42.5 Å². The van der Waals surface area contributed by atoms with Crippen LogP contribution in [0, 0.1) is 26.2 Å². The fourth-order valence-corrected chi connectivity index (χ4v) is 3.78. The molecular weight excluding hydrogens is 348 g/mol. The van der Waals surface area contributed by atoms with Crippen molar-refractivity contribution in [1.29, 1.82) is 0 Å². The minimum absolute atomic E-state index is 0.233. The number of benzene rings is 2. The summed E-state index contributed by atoms with van der Waals surface area (Å²) in [6.07, 6.45) is 12.5. The van der Waals surface area contributed by atoms with E-state index in [1.54, 1.807) is 5.56 Å². The molecule has 0 radical (unpaired) electrons. The Balaban J connectivity index is 0.000000284. The first kappa shape index (κ1) is 24.8. The molecule has 1 unspecified atom stereocenters. The molecule has 1 fully saturated rings. The predicted molar refractivity (Wildman–Crippen MR) is 132 cm³/mol. The number of aryl methyl sites for hydroxylation is 2. The van der Waals surface area contributed by atoms with E-state index in [-0.39, 0.29) is 5.92 Å². The minimum atomic E-state index is 0.233. The van der Waals surface area contributed by atoms with Crippen molar-refractivity contribution in [3.63, 3.8) is 0 Å². The summed E-state index contributed by atoms with van der Waals surface area (Å²) in [6.45, 7) is 17.1. The van der Waals surface area contributed by atoms with Crippen LogP contribution in [0.5, 0.6) is 0 Å². The molecule has 0 N–H and O–H groups in total. The molecule has 0 heterocycles. The highest BCUT2D eigenvalue weighted by molar-refractivity contribution is 5.59. The van der Waals surface area contributed by atoms with Gasteiger partial charge in [0.1, 0.15) is 0 Å². The highest BCUT2D eigenvalue weighted by Gasteiger charge is 2.24. The fourth-order valence-electron chi connectivity index (χ4n) is 3.78. The summed E-state index contributed by atoms with van der Waals surface area (Å²) in [7, 11) is 0. The molecule has 0 aliphatic heterocycles. The molecule has 29 heavy (non-hydrogen) atoms. The quantitative estimate of drug-likeness (QED) is 0.459. The number of hydrogen-bond acceptors (Lipinski definition) is 0. The molecule has 1 saturated carbocycles. The standard InChI is InChI=1S/C16H22.C11H12.C2H6/c1-5-6-14-10-15(13-7-8-13)9-12(4)16(14)11(2)3;1-4-9(2)11-8-6-5-7-10(11)3;1-2/h5-6,9-11,13H,7-8H2,1-4H3;1,5-9H,2-3H3;1-2H3/b6-5-;;. The lowest BCUT2D eigenvalue weighted by Gasteiger charge is -2.16. The Labute approximate surface area is 180 Å². The zero-order chi connectivity index (χ0) is 22.0. The van der Waals surface area contributed by atoms with Crippen LogP contribution in [-0.4, -0.2) is 0 Å². The molecule has 0 saturated heterocycles. The summed E-state index contributed by atoms with van der Waals surface area (Å²) >= 11 is 0. The second kappa shape index (κ2) is 12.3. The first-order valence-electron chi connectivity index (χ1n) is 11.2. The van der Waals surface area contributed by atoms with Crippen molar-refractivity contribution >= 4 is 6.08 Å². The summed E-state index contributed by atoms with van der Waals surface area (Å²) in [5.74, 6) is 4.42. The summed E-state index contributed by atoms with van der Waals surface area (Å²) in [5.41, 5.74) is 8.50. The maximum atomic E-state index is 5.32. The summed E-state index contributed by atoms with van der Waals surface area (Å²) in [5, 5.41) is 0. The van der Waals surface area contributed by atoms with Crippen LogP contribution in [-0.2, 0) is 0 Å². The van der Waals surface area contributed by atoms with Gasteiger partial charge in [-0.15, -0.1) is 6.42 Å². The molecule has 0 aromatic heterocycles. The molecule has 3 rings (SSSR count). The highest BCUT2D eigenvalue weighted by atomic mass is 14.3. The van der Waals surface area contributed by atoms with Crippen molar-refractivity contribution in [2.75, 3.05) is 0 Å². The van der Waals surface area contributed by atoms with Gasteiger partial charge in [0, 0.05) is 5.92 Å². The van der Waals surface area contributed by atoms with Gasteiger partial charge in [0.25, 0.3) is 0 Å². The third-order valence-electron chi connectivity index (χ3n) is 5.32. The second-order valence-corrected chi connectivity index (χ2v) is 8.01. The van der Waals surface area contributed by atoms with Gasteiger partial charge in [-0.3, -0.25) is 0 Å². The molecule has 0 spiro atoms. The largest absolute Gasteiger partial charge is 0.119 e. The SMILES string of the molecule is C#CC(C)c1ccccc1C.C/C=C\c1cc(C2CC2)cc(C)c1C(C)C.CC. The van der Waals surface area contributed by atoms with Gasteiger partial charge in [0.05, 0.1) is 0 Å². The third-order valence-corrected chi connectivity index (χ3v) is 5.32. The Bertz CT molecular complexity index is 826. The van der Waals surface area contributed by atoms with Crippen molar-refractivity contribution < 1.29 is 0 Å². The van der Waals surface area contributed by atoms with E-state index in [1.807, 2.05) is 32.9 Å². The molecule has 0 bridgehead atoms. The van der Waals surface area contributed by atoms with Crippen molar-refractivity contribution in [3.05, 3.63) is 75.9 Å². The summed E-state index contributed by atoms with van der Waals surface area (Å²) < 4.78 is 0. The number of terminal acetylenes is 1. The van der Waals surface area contributed by atoms with E-state index < -0.39 is 0 Å². The Morgan fingerprint density at radius 1 is 1.00 bits per heavy atom. The monoisotopic (exact) mass is 388 g/mol. The van der Waals surface area contributed by atoms with Crippen molar-refractivity contribution in [2.24, 2.45) is 0 Å². The Kier molecular flexibility index (Phi) is 10.5. The first-order valence-corrected chi connectivity index (χ1v) is 11.2. The van der Waals surface area contributed by atoms with Crippen LogP contribution in [0.1, 0.15) is 106 Å². The van der Waals surface area contributed by atoms with Gasteiger partial charge in [0.2, 0.25) is 0 Å². The molecule has 0 nitrogen and oxygen atoms in total. The normalized spacial score (nSPS) is 13.8. The number of rotatable bonds is 4. The van der Waals surface area contributed by atoms with Crippen LogP contribution < -0.4 is 0 Å². The Hall–Kier alpha value is -2.26. The van der Waals surface area contributed by atoms with Gasteiger partial charge in [-0.2, -0.15) is 0 Å². The van der Waals surface area contributed by atoms with E-state index in [9.17, 15) is 0 Å².